The molecule has 1 heterocycles. The molecule has 0 amide bonds. The molecule has 1 unspecified atom stereocenters. The van der Waals surface area contributed by atoms with Crippen LogP contribution in [-0.2, 0) is 9.53 Å². The molecule has 1 aliphatic carbocycles. The molecule has 0 aromatic heterocycles. The van der Waals surface area contributed by atoms with Crippen molar-refractivity contribution in [2.45, 2.75) is 37.8 Å². The topological polar surface area (TPSA) is 38.3 Å². The Morgan fingerprint density at radius 3 is 2.73 bits per heavy atom. The summed E-state index contributed by atoms with van der Waals surface area (Å²) in [5, 5.41) is 3.11. The van der Waals surface area contributed by atoms with Crippen LogP contribution < -0.4 is 5.32 Å². The molecule has 1 saturated heterocycles. The number of carbonyl (C=O) groups excluding carboxylic acids is 1. The van der Waals surface area contributed by atoms with Gasteiger partial charge in [-0.25, -0.2) is 0 Å². The van der Waals surface area contributed by atoms with Crippen LogP contribution in [-0.4, -0.2) is 24.7 Å². The average molecular weight is 155 g/mol. The van der Waals surface area contributed by atoms with Gasteiger partial charge < -0.3 is 10.1 Å². The summed E-state index contributed by atoms with van der Waals surface area (Å²) in [6.07, 6.45) is 4.44. The summed E-state index contributed by atoms with van der Waals surface area (Å²) in [4.78, 5) is 11.2. The van der Waals surface area contributed by atoms with Gasteiger partial charge >= 0.3 is 5.97 Å². The largest absolute Gasteiger partial charge is 0.461 e. The van der Waals surface area contributed by atoms with Crippen molar-refractivity contribution in [3.05, 3.63) is 0 Å². The number of hydrogen-bond acceptors (Lipinski definition) is 3. The van der Waals surface area contributed by atoms with Gasteiger partial charge in [0.05, 0.1) is 0 Å². The highest BCUT2D eigenvalue weighted by atomic mass is 16.5. The van der Waals surface area contributed by atoms with E-state index in [1.54, 1.807) is 0 Å². The molecule has 11 heavy (non-hydrogen) atoms. The van der Waals surface area contributed by atoms with Crippen molar-refractivity contribution in [2.75, 3.05) is 6.54 Å². The van der Waals surface area contributed by atoms with Crippen LogP contribution in [0.2, 0.25) is 0 Å². The molecule has 62 valence electrons. The Labute approximate surface area is 66.1 Å². The summed E-state index contributed by atoms with van der Waals surface area (Å²) >= 11 is 0. The van der Waals surface area contributed by atoms with E-state index in [4.69, 9.17) is 4.74 Å². The maximum absolute atomic E-state index is 11.2. The molecule has 1 saturated carbocycles. The van der Waals surface area contributed by atoms with Gasteiger partial charge in [-0.2, -0.15) is 0 Å². The van der Waals surface area contributed by atoms with Crippen LogP contribution in [0.4, 0.5) is 0 Å². The zero-order chi connectivity index (χ0) is 7.68. The number of hydrogen-bond donors (Lipinski definition) is 1. The number of esters is 1. The Morgan fingerprint density at radius 1 is 1.36 bits per heavy atom. The normalized spacial score (nSPS) is 30.4. The van der Waals surface area contributed by atoms with Crippen molar-refractivity contribution >= 4 is 5.97 Å². The molecule has 3 nitrogen and oxygen atoms in total. The summed E-state index contributed by atoms with van der Waals surface area (Å²) in [5.41, 5.74) is 0. The summed E-state index contributed by atoms with van der Waals surface area (Å²) < 4.78 is 5.14. The number of nitrogens with one attached hydrogen (secondary N) is 1. The maximum Gasteiger partial charge on any atom is 0.323 e. The lowest BCUT2D eigenvalue weighted by atomic mass is 10.2. The first-order valence-corrected chi connectivity index (χ1v) is 4.30. The molecule has 0 aromatic carbocycles. The molecule has 1 atom stereocenters. The van der Waals surface area contributed by atoms with Gasteiger partial charge in [0, 0.05) is 0 Å². The third-order valence-electron chi connectivity index (χ3n) is 2.15. The fraction of sp³-hybridized carbons (Fsp3) is 0.875. The van der Waals surface area contributed by atoms with Crippen molar-refractivity contribution in [1.29, 1.82) is 0 Å². The molecule has 2 aliphatic rings. The molecular weight excluding hydrogens is 142 g/mol. The van der Waals surface area contributed by atoms with E-state index in [1.807, 2.05) is 0 Å². The van der Waals surface area contributed by atoms with E-state index < -0.39 is 0 Å². The minimum Gasteiger partial charge on any atom is -0.461 e. The lowest BCUT2D eigenvalue weighted by Gasteiger charge is -2.08. The van der Waals surface area contributed by atoms with E-state index in [2.05, 4.69) is 5.32 Å². The molecule has 0 aromatic rings. The van der Waals surface area contributed by atoms with E-state index in [0.717, 1.165) is 32.2 Å². The van der Waals surface area contributed by atoms with Gasteiger partial charge in [-0.05, 0) is 32.2 Å². The van der Waals surface area contributed by atoms with Gasteiger partial charge in [-0.3, -0.25) is 4.79 Å². The van der Waals surface area contributed by atoms with Gasteiger partial charge in [-0.15, -0.1) is 0 Å². The fourth-order valence-electron chi connectivity index (χ4n) is 1.32. The van der Waals surface area contributed by atoms with Gasteiger partial charge in [0.1, 0.15) is 12.1 Å². The van der Waals surface area contributed by atoms with E-state index in [9.17, 15) is 4.79 Å². The average Bonchev–Trinajstić information content (AvgIpc) is 2.67. The smallest absolute Gasteiger partial charge is 0.323 e. The molecule has 2 fully saturated rings. The second-order valence-corrected chi connectivity index (χ2v) is 3.29. The zero-order valence-corrected chi connectivity index (χ0v) is 6.51. The molecule has 0 spiro atoms. The van der Waals surface area contributed by atoms with Crippen LogP contribution in [0.25, 0.3) is 0 Å². The zero-order valence-electron chi connectivity index (χ0n) is 6.51. The Hall–Kier alpha value is -0.570. The third-order valence-corrected chi connectivity index (χ3v) is 2.15. The van der Waals surface area contributed by atoms with Crippen molar-refractivity contribution in [1.82, 2.24) is 5.32 Å². The predicted octanol–water partition coefficient (Wildman–Crippen LogP) is 0.444. The first-order valence-electron chi connectivity index (χ1n) is 4.30. The van der Waals surface area contributed by atoms with Crippen molar-refractivity contribution in [3.8, 4) is 0 Å². The summed E-state index contributed by atoms with van der Waals surface area (Å²) in [5.74, 6) is -0.0370. The highest BCUT2D eigenvalue weighted by Gasteiger charge is 2.30. The second-order valence-electron chi connectivity index (χ2n) is 3.29. The van der Waals surface area contributed by atoms with E-state index in [-0.39, 0.29) is 18.1 Å². The van der Waals surface area contributed by atoms with Gasteiger partial charge in [0.2, 0.25) is 0 Å². The Balaban J connectivity index is 1.77. The highest BCUT2D eigenvalue weighted by molar-refractivity contribution is 5.76. The highest BCUT2D eigenvalue weighted by Crippen LogP contribution is 2.24. The molecular formula is C8H13NO2. The van der Waals surface area contributed by atoms with E-state index in [1.165, 1.54) is 0 Å². The van der Waals surface area contributed by atoms with Crippen LogP contribution in [0.5, 0.6) is 0 Å². The van der Waals surface area contributed by atoms with E-state index >= 15 is 0 Å². The third kappa shape index (κ3) is 1.71. The molecule has 1 N–H and O–H groups in total. The van der Waals surface area contributed by atoms with Crippen molar-refractivity contribution in [3.63, 3.8) is 0 Å². The van der Waals surface area contributed by atoms with E-state index in [0.29, 0.717) is 0 Å². The molecule has 0 bridgehead atoms. The fourth-order valence-corrected chi connectivity index (χ4v) is 1.32. The maximum atomic E-state index is 11.2. The summed E-state index contributed by atoms with van der Waals surface area (Å²) in [7, 11) is 0. The lowest BCUT2D eigenvalue weighted by Crippen LogP contribution is -2.32. The van der Waals surface area contributed by atoms with Crippen LogP contribution in [0.15, 0.2) is 0 Å². The van der Waals surface area contributed by atoms with Crippen molar-refractivity contribution in [2.24, 2.45) is 0 Å². The lowest BCUT2D eigenvalue weighted by molar-refractivity contribution is -0.146. The second kappa shape index (κ2) is 2.81. The quantitative estimate of drug-likeness (QED) is 0.588. The summed E-state index contributed by atoms with van der Waals surface area (Å²) in [6.45, 7) is 0.963. The van der Waals surface area contributed by atoms with Gasteiger partial charge in [-0.1, -0.05) is 0 Å². The van der Waals surface area contributed by atoms with Crippen LogP contribution in [0, 0.1) is 0 Å². The predicted molar refractivity (Wildman–Crippen MR) is 40.1 cm³/mol. The summed E-state index contributed by atoms with van der Waals surface area (Å²) in [6, 6.07) is -0.00407. The Morgan fingerprint density at radius 2 is 2.18 bits per heavy atom. The Kier molecular flexibility index (Phi) is 1.82. The number of carbonyl (C=O) groups is 1. The standard InChI is InChI=1S/C8H13NO2/c10-8(11-6-3-4-6)7-2-1-5-9-7/h6-7,9H,1-5H2. The van der Waals surface area contributed by atoms with Gasteiger partial charge in [0.25, 0.3) is 0 Å². The van der Waals surface area contributed by atoms with Crippen molar-refractivity contribution < 1.29 is 9.53 Å². The number of ether oxygens (including phenoxy) is 1. The minimum absolute atomic E-state index is 0.00407. The first kappa shape index (κ1) is 7.10. The molecule has 3 heteroatoms. The Bertz CT molecular complexity index is 159. The molecule has 2 rings (SSSR count). The van der Waals surface area contributed by atoms with Crippen LogP contribution in [0.3, 0.4) is 0 Å². The van der Waals surface area contributed by atoms with Crippen LogP contribution >= 0.6 is 0 Å². The number of rotatable bonds is 2. The monoisotopic (exact) mass is 155 g/mol. The first-order chi connectivity index (χ1) is 5.36. The molecule has 1 aliphatic heterocycles. The SMILES string of the molecule is O=C(OC1CC1)C1CCCN1. The molecule has 0 radical (unpaired) electrons. The van der Waals surface area contributed by atoms with Gasteiger partial charge in [0.15, 0.2) is 0 Å². The minimum atomic E-state index is -0.0370. The van der Waals surface area contributed by atoms with Crippen LogP contribution in [0.1, 0.15) is 25.7 Å².